The second-order valence-corrected chi connectivity index (χ2v) is 5.28. The van der Waals surface area contributed by atoms with Gasteiger partial charge in [-0.1, -0.05) is 0 Å². The maximum atomic E-state index is 12.6. The number of rotatable bonds is 3. The molecule has 0 bridgehead atoms. The number of halogens is 3. The predicted octanol–water partition coefficient (Wildman–Crippen LogP) is 1.62. The smallest absolute Gasteiger partial charge is 0.350 e. The summed E-state index contributed by atoms with van der Waals surface area (Å²) < 4.78 is 39.4. The summed E-state index contributed by atoms with van der Waals surface area (Å²) in [6.07, 6.45) is -0.739. The standard InChI is InChI=1S/C13H14F3N5O/c14-13(15,16)10-7-21-6-8(1-2-11(21)19-10)5-17-12(22)9-3-4-18-20-9/h3-4,7-8H,1-2,5-6H2,(H,17,22)(H,18,20). The van der Waals surface area contributed by atoms with Gasteiger partial charge in [-0.3, -0.25) is 9.89 Å². The first-order chi connectivity index (χ1) is 10.4. The van der Waals surface area contributed by atoms with E-state index >= 15 is 0 Å². The number of carbonyl (C=O) groups is 1. The third kappa shape index (κ3) is 2.97. The van der Waals surface area contributed by atoms with Crippen LogP contribution in [0.4, 0.5) is 13.2 Å². The number of carbonyl (C=O) groups excluding carboxylic acids is 1. The number of imidazole rings is 1. The van der Waals surface area contributed by atoms with Gasteiger partial charge in [0.1, 0.15) is 11.5 Å². The molecule has 0 radical (unpaired) electrons. The Labute approximate surface area is 123 Å². The van der Waals surface area contributed by atoms with Gasteiger partial charge >= 0.3 is 6.18 Å². The van der Waals surface area contributed by atoms with Crippen molar-refractivity contribution in [3.63, 3.8) is 0 Å². The van der Waals surface area contributed by atoms with Gasteiger partial charge in [-0.25, -0.2) is 4.98 Å². The van der Waals surface area contributed by atoms with Crippen molar-refractivity contribution in [2.24, 2.45) is 5.92 Å². The molecule has 0 fully saturated rings. The SMILES string of the molecule is O=C(NCC1CCc2nc(C(F)(F)F)cn2C1)c1ccn[nH]1. The molecule has 0 spiro atoms. The number of fused-ring (bicyclic) bond motifs is 1. The molecule has 1 aliphatic heterocycles. The Bertz CT molecular complexity index is 662. The summed E-state index contributed by atoms with van der Waals surface area (Å²) in [5, 5.41) is 9.00. The third-order valence-corrected chi connectivity index (χ3v) is 3.68. The van der Waals surface area contributed by atoms with Crippen LogP contribution in [0.15, 0.2) is 18.5 Å². The number of nitrogens with one attached hydrogen (secondary N) is 2. The fraction of sp³-hybridized carbons (Fsp3) is 0.462. The highest BCUT2D eigenvalue weighted by Gasteiger charge is 2.35. The molecule has 2 aromatic heterocycles. The zero-order chi connectivity index (χ0) is 15.7. The highest BCUT2D eigenvalue weighted by atomic mass is 19.4. The third-order valence-electron chi connectivity index (χ3n) is 3.68. The molecule has 22 heavy (non-hydrogen) atoms. The zero-order valence-corrected chi connectivity index (χ0v) is 11.5. The van der Waals surface area contributed by atoms with Crippen LogP contribution < -0.4 is 5.32 Å². The van der Waals surface area contributed by atoms with Crippen LogP contribution in [0.2, 0.25) is 0 Å². The number of H-pyrrole nitrogens is 1. The van der Waals surface area contributed by atoms with Gasteiger partial charge in [-0.05, 0) is 18.4 Å². The van der Waals surface area contributed by atoms with E-state index in [0.29, 0.717) is 37.4 Å². The molecule has 0 saturated carbocycles. The molecule has 3 heterocycles. The van der Waals surface area contributed by atoms with Crippen molar-refractivity contribution < 1.29 is 18.0 Å². The summed E-state index contributed by atoms with van der Waals surface area (Å²) in [5.74, 6) is 0.253. The first-order valence-corrected chi connectivity index (χ1v) is 6.84. The van der Waals surface area contributed by atoms with Crippen LogP contribution in [0.3, 0.4) is 0 Å². The van der Waals surface area contributed by atoms with Gasteiger partial charge in [-0.2, -0.15) is 18.3 Å². The molecule has 2 aromatic rings. The van der Waals surface area contributed by atoms with Crippen molar-refractivity contribution >= 4 is 5.91 Å². The van der Waals surface area contributed by atoms with Gasteiger partial charge in [0, 0.05) is 31.9 Å². The quantitative estimate of drug-likeness (QED) is 0.904. The average molecular weight is 313 g/mol. The Kier molecular flexibility index (Phi) is 3.63. The van der Waals surface area contributed by atoms with E-state index in [1.807, 2.05) is 0 Å². The van der Waals surface area contributed by atoms with Crippen LogP contribution in [0, 0.1) is 5.92 Å². The molecule has 6 nitrogen and oxygen atoms in total. The molecule has 0 aliphatic carbocycles. The van der Waals surface area contributed by atoms with Gasteiger partial charge in [0.15, 0.2) is 5.69 Å². The minimum Gasteiger partial charge on any atom is -0.350 e. The minimum absolute atomic E-state index is 0.0784. The highest BCUT2D eigenvalue weighted by Crippen LogP contribution is 2.30. The molecule has 1 atom stereocenters. The van der Waals surface area contributed by atoms with E-state index in [9.17, 15) is 18.0 Å². The molecule has 2 N–H and O–H groups in total. The van der Waals surface area contributed by atoms with Gasteiger partial charge in [-0.15, -0.1) is 0 Å². The summed E-state index contributed by atoms with van der Waals surface area (Å²) in [4.78, 5) is 15.4. The molecule has 0 aromatic carbocycles. The van der Waals surface area contributed by atoms with E-state index in [-0.39, 0.29) is 11.8 Å². The van der Waals surface area contributed by atoms with Gasteiger partial charge in [0.2, 0.25) is 0 Å². The van der Waals surface area contributed by atoms with E-state index < -0.39 is 11.9 Å². The highest BCUT2D eigenvalue weighted by molar-refractivity contribution is 5.92. The number of aromatic nitrogens is 4. The van der Waals surface area contributed by atoms with E-state index in [1.54, 1.807) is 6.07 Å². The largest absolute Gasteiger partial charge is 0.434 e. The molecule has 9 heteroatoms. The molecule has 1 unspecified atom stereocenters. The van der Waals surface area contributed by atoms with Crippen molar-refractivity contribution in [1.29, 1.82) is 0 Å². The van der Waals surface area contributed by atoms with Crippen molar-refractivity contribution in [3.05, 3.63) is 35.7 Å². The van der Waals surface area contributed by atoms with Crippen molar-refractivity contribution in [3.8, 4) is 0 Å². The van der Waals surface area contributed by atoms with Crippen molar-refractivity contribution in [2.45, 2.75) is 25.6 Å². The number of hydrogen-bond donors (Lipinski definition) is 2. The maximum Gasteiger partial charge on any atom is 0.434 e. The van der Waals surface area contributed by atoms with Crippen LogP contribution in [0.5, 0.6) is 0 Å². The maximum absolute atomic E-state index is 12.6. The molecular weight excluding hydrogens is 299 g/mol. The number of aromatic amines is 1. The molecule has 1 aliphatic rings. The first-order valence-electron chi connectivity index (χ1n) is 6.84. The van der Waals surface area contributed by atoms with Gasteiger partial charge in [0.25, 0.3) is 5.91 Å². The summed E-state index contributed by atoms with van der Waals surface area (Å²) in [6, 6.07) is 1.56. The number of amides is 1. The van der Waals surface area contributed by atoms with Crippen LogP contribution in [0.25, 0.3) is 0 Å². The topological polar surface area (TPSA) is 75.6 Å². The van der Waals surface area contributed by atoms with E-state index in [4.69, 9.17) is 0 Å². The number of hydrogen-bond acceptors (Lipinski definition) is 3. The lowest BCUT2D eigenvalue weighted by Gasteiger charge is -2.23. The number of nitrogens with zero attached hydrogens (tertiary/aromatic N) is 3. The lowest BCUT2D eigenvalue weighted by molar-refractivity contribution is -0.141. The van der Waals surface area contributed by atoms with Crippen LogP contribution in [0.1, 0.15) is 28.4 Å². The molecule has 0 saturated heterocycles. The summed E-state index contributed by atoms with van der Waals surface area (Å²) in [6.45, 7) is 0.818. The summed E-state index contributed by atoms with van der Waals surface area (Å²) in [7, 11) is 0. The van der Waals surface area contributed by atoms with Crippen molar-refractivity contribution in [1.82, 2.24) is 25.1 Å². The normalized spacial score (nSPS) is 18.0. The van der Waals surface area contributed by atoms with Crippen LogP contribution in [-0.4, -0.2) is 32.2 Å². The number of alkyl halides is 3. The monoisotopic (exact) mass is 313 g/mol. The Balaban J connectivity index is 1.60. The lowest BCUT2D eigenvalue weighted by atomic mass is 9.99. The molecule has 118 valence electrons. The average Bonchev–Trinajstić information content (AvgIpc) is 3.12. The van der Waals surface area contributed by atoms with Gasteiger partial charge in [0.05, 0.1) is 0 Å². The Morgan fingerprint density at radius 3 is 3.00 bits per heavy atom. The number of aryl methyl sites for hydroxylation is 1. The fourth-order valence-corrected chi connectivity index (χ4v) is 2.53. The minimum atomic E-state index is -4.42. The van der Waals surface area contributed by atoms with Crippen LogP contribution in [-0.2, 0) is 19.1 Å². The zero-order valence-electron chi connectivity index (χ0n) is 11.5. The summed E-state index contributed by atoms with van der Waals surface area (Å²) >= 11 is 0. The molecule has 1 amide bonds. The predicted molar refractivity (Wildman–Crippen MR) is 70.0 cm³/mol. The van der Waals surface area contributed by atoms with E-state index in [1.165, 1.54) is 10.8 Å². The second-order valence-electron chi connectivity index (χ2n) is 5.28. The van der Waals surface area contributed by atoms with Crippen LogP contribution >= 0.6 is 0 Å². The van der Waals surface area contributed by atoms with E-state index in [0.717, 1.165) is 6.20 Å². The van der Waals surface area contributed by atoms with E-state index in [2.05, 4.69) is 20.5 Å². The Morgan fingerprint density at radius 1 is 1.50 bits per heavy atom. The molecule has 3 rings (SSSR count). The first kappa shape index (κ1) is 14.6. The van der Waals surface area contributed by atoms with Gasteiger partial charge < -0.3 is 9.88 Å². The second kappa shape index (κ2) is 5.47. The Morgan fingerprint density at radius 2 is 2.32 bits per heavy atom. The lowest BCUT2D eigenvalue weighted by Crippen LogP contribution is -2.33. The fourth-order valence-electron chi connectivity index (χ4n) is 2.53. The summed E-state index contributed by atoms with van der Waals surface area (Å²) in [5.41, 5.74) is -0.497. The molecular formula is C13H14F3N5O. The Hall–Kier alpha value is -2.32. The van der Waals surface area contributed by atoms with Crippen molar-refractivity contribution in [2.75, 3.05) is 6.54 Å².